The van der Waals surface area contributed by atoms with Crippen LogP contribution in [0.3, 0.4) is 0 Å². The van der Waals surface area contributed by atoms with Gasteiger partial charge in [0.15, 0.2) is 0 Å². The predicted molar refractivity (Wildman–Crippen MR) is 79.5 cm³/mol. The second-order valence-corrected chi connectivity index (χ2v) is 4.97. The van der Waals surface area contributed by atoms with E-state index in [9.17, 15) is 4.79 Å². The van der Waals surface area contributed by atoms with Gasteiger partial charge in [-0.1, -0.05) is 25.5 Å². The average molecular weight is 271 g/mol. The van der Waals surface area contributed by atoms with E-state index in [-0.39, 0.29) is 11.9 Å². The van der Waals surface area contributed by atoms with Gasteiger partial charge in [0.25, 0.3) is 5.91 Å². The fraction of sp³-hybridized carbons (Fsp3) is 0.375. The summed E-state index contributed by atoms with van der Waals surface area (Å²) >= 11 is 0. The van der Waals surface area contributed by atoms with Crippen molar-refractivity contribution in [2.75, 3.05) is 0 Å². The monoisotopic (exact) mass is 271 g/mol. The maximum atomic E-state index is 12.1. The summed E-state index contributed by atoms with van der Waals surface area (Å²) in [5.74, 6) is 0.689. The zero-order valence-electron chi connectivity index (χ0n) is 12.0. The summed E-state index contributed by atoms with van der Waals surface area (Å²) in [5, 5.41) is 2.93. The van der Waals surface area contributed by atoms with Crippen molar-refractivity contribution in [2.24, 2.45) is 0 Å². The first-order valence-corrected chi connectivity index (χ1v) is 7.09. The zero-order chi connectivity index (χ0) is 14.4. The van der Waals surface area contributed by atoms with E-state index in [1.54, 1.807) is 12.4 Å². The van der Waals surface area contributed by atoms with Gasteiger partial charge in [0.05, 0.1) is 6.04 Å². The number of unbranched alkanes of at least 4 members (excludes halogenated alkanes) is 1. The van der Waals surface area contributed by atoms with Gasteiger partial charge in [-0.15, -0.1) is 0 Å². The highest BCUT2D eigenvalue weighted by Crippen LogP contribution is 2.10. The summed E-state index contributed by atoms with van der Waals surface area (Å²) in [6, 6.07) is 7.70. The Morgan fingerprint density at radius 3 is 2.70 bits per heavy atom. The summed E-state index contributed by atoms with van der Waals surface area (Å²) in [5.41, 5.74) is 1.96. The Morgan fingerprint density at radius 1 is 1.35 bits per heavy atom. The minimum atomic E-state index is -0.128. The van der Waals surface area contributed by atoms with E-state index < -0.39 is 0 Å². The predicted octanol–water partition coefficient (Wildman–Crippen LogP) is 3.24. The van der Waals surface area contributed by atoms with Gasteiger partial charge in [-0.3, -0.25) is 4.79 Å². The quantitative estimate of drug-likeness (QED) is 0.847. The van der Waals surface area contributed by atoms with Crippen LogP contribution in [-0.4, -0.2) is 15.9 Å². The first-order chi connectivity index (χ1) is 9.70. The Bertz CT molecular complexity index is 531. The molecule has 4 heteroatoms. The van der Waals surface area contributed by atoms with Crippen molar-refractivity contribution in [2.45, 2.75) is 39.2 Å². The fourth-order valence-electron chi connectivity index (χ4n) is 2.07. The molecule has 0 saturated carbocycles. The van der Waals surface area contributed by atoms with Crippen LogP contribution in [0.15, 0.2) is 36.7 Å². The molecular weight excluding hydrogens is 250 g/mol. The number of nitrogens with zero attached hydrogens (tertiary/aromatic N) is 1. The number of aromatic nitrogens is 2. The van der Waals surface area contributed by atoms with Crippen LogP contribution in [0.2, 0.25) is 0 Å². The first-order valence-electron chi connectivity index (χ1n) is 7.09. The third-order valence-corrected chi connectivity index (χ3v) is 3.31. The summed E-state index contributed by atoms with van der Waals surface area (Å²) in [6.07, 6.45) is 6.87. The molecule has 1 heterocycles. The third-order valence-electron chi connectivity index (χ3n) is 3.31. The zero-order valence-corrected chi connectivity index (χ0v) is 12.0. The van der Waals surface area contributed by atoms with E-state index >= 15 is 0 Å². The molecular formula is C16H21N3O. The van der Waals surface area contributed by atoms with Crippen LogP contribution < -0.4 is 5.32 Å². The minimum absolute atomic E-state index is 0.0732. The lowest BCUT2D eigenvalue weighted by Crippen LogP contribution is -2.27. The number of rotatable bonds is 6. The number of aryl methyl sites for hydroxylation is 1. The summed E-state index contributed by atoms with van der Waals surface area (Å²) in [6.45, 7) is 4.09. The Labute approximate surface area is 119 Å². The normalized spacial score (nSPS) is 12.1. The lowest BCUT2D eigenvalue weighted by molar-refractivity contribution is 0.0938. The number of imidazole rings is 1. The smallest absolute Gasteiger partial charge is 0.251 e. The van der Waals surface area contributed by atoms with Crippen LogP contribution in [0.1, 0.15) is 54.5 Å². The van der Waals surface area contributed by atoms with Gasteiger partial charge < -0.3 is 10.3 Å². The largest absolute Gasteiger partial charge is 0.347 e. The SMILES string of the molecule is CCCCc1ccc(C(=O)NC(C)c2ncc[nH]2)cc1. The van der Waals surface area contributed by atoms with E-state index in [1.807, 2.05) is 31.2 Å². The summed E-state index contributed by atoms with van der Waals surface area (Å²) < 4.78 is 0. The Balaban J connectivity index is 1.95. The highest BCUT2D eigenvalue weighted by atomic mass is 16.1. The molecule has 0 aliphatic rings. The molecule has 1 unspecified atom stereocenters. The van der Waals surface area contributed by atoms with Crippen LogP contribution >= 0.6 is 0 Å². The van der Waals surface area contributed by atoms with Gasteiger partial charge >= 0.3 is 0 Å². The van der Waals surface area contributed by atoms with E-state index in [2.05, 4.69) is 22.2 Å². The van der Waals surface area contributed by atoms with Crippen molar-refractivity contribution in [3.05, 3.63) is 53.6 Å². The van der Waals surface area contributed by atoms with Crippen molar-refractivity contribution in [3.8, 4) is 0 Å². The molecule has 1 aromatic heterocycles. The lowest BCUT2D eigenvalue weighted by atomic mass is 10.1. The van der Waals surface area contributed by atoms with Gasteiger partial charge in [0.2, 0.25) is 0 Å². The van der Waals surface area contributed by atoms with Crippen molar-refractivity contribution < 1.29 is 4.79 Å². The second kappa shape index (κ2) is 6.89. The highest BCUT2D eigenvalue weighted by Gasteiger charge is 2.12. The maximum absolute atomic E-state index is 12.1. The molecule has 2 N–H and O–H groups in total. The van der Waals surface area contributed by atoms with E-state index in [0.717, 1.165) is 12.2 Å². The molecule has 20 heavy (non-hydrogen) atoms. The molecule has 0 aliphatic heterocycles. The van der Waals surface area contributed by atoms with Gasteiger partial charge in [0.1, 0.15) is 5.82 Å². The molecule has 1 atom stereocenters. The summed E-state index contributed by atoms with van der Waals surface area (Å²) in [4.78, 5) is 19.3. The standard InChI is InChI=1S/C16H21N3O/c1-3-4-5-13-6-8-14(9-7-13)16(20)19-12(2)15-17-10-11-18-15/h6-12H,3-5H2,1-2H3,(H,17,18)(H,19,20). The van der Waals surface area contributed by atoms with Crippen molar-refractivity contribution in [3.63, 3.8) is 0 Å². The number of hydrogen-bond donors (Lipinski definition) is 2. The minimum Gasteiger partial charge on any atom is -0.347 e. The van der Waals surface area contributed by atoms with E-state index in [0.29, 0.717) is 5.56 Å². The van der Waals surface area contributed by atoms with Crippen LogP contribution in [0.4, 0.5) is 0 Å². The number of benzene rings is 1. The Hall–Kier alpha value is -2.10. The lowest BCUT2D eigenvalue weighted by Gasteiger charge is -2.11. The molecule has 106 valence electrons. The van der Waals surface area contributed by atoms with Gasteiger partial charge in [0, 0.05) is 18.0 Å². The van der Waals surface area contributed by atoms with E-state index in [1.165, 1.54) is 18.4 Å². The molecule has 0 fully saturated rings. The van der Waals surface area contributed by atoms with Crippen molar-refractivity contribution >= 4 is 5.91 Å². The molecule has 0 aliphatic carbocycles. The molecule has 2 rings (SSSR count). The molecule has 0 radical (unpaired) electrons. The number of carbonyl (C=O) groups excluding carboxylic acids is 1. The number of hydrogen-bond acceptors (Lipinski definition) is 2. The van der Waals surface area contributed by atoms with Gasteiger partial charge in [-0.25, -0.2) is 4.98 Å². The van der Waals surface area contributed by atoms with E-state index in [4.69, 9.17) is 0 Å². The number of amides is 1. The maximum Gasteiger partial charge on any atom is 0.251 e. The topological polar surface area (TPSA) is 57.8 Å². The highest BCUT2D eigenvalue weighted by molar-refractivity contribution is 5.94. The number of aromatic amines is 1. The van der Waals surface area contributed by atoms with Crippen LogP contribution in [0.5, 0.6) is 0 Å². The molecule has 0 spiro atoms. The molecule has 0 bridgehead atoms. The fourth-order valence-corrected chi connectivity index (χ4v) is 2.07. The van der Waals surface area contributed by atoms with Crippen molar-refractivity contribution in [1.29, 1.82) is 0 Å². The number of carbonyl (C=O) groups is 1. The molecule has 0 saturated heterocycles. The van der Waals surface area contributed by atoms with Gasteiger partial charge in [-0.05, 0) is 37.5 Å². The van der Waals surface area contributed by atoms with Crippen LogP contribution in [0, 0.1) is 0 Å². The van der Waals surface area contributed by atoms with Crippen LogP contribution in [-0.2, 0) is 6.42 Å². The van der Waals surface area contributed by atoms with Gasteiger partial charge in [-0.2, -0.15) is 0 Å². The van der Waals surface area contributed by atoms with Crippen molar-refractivity contribution in [1.82, 2.24) is 15.3 Å². The molecule has 4 nitrogen and oxygen atoms in total. The summed E-state index contributed by atoms with van der Waals surface area (Å²) in [7, 11) is 0. The number of H-pyrrole nitrogens is 1. The number of nitrogens with one attached hydrogen (secondary N) is 2. The Morgan fingerprint density at radius 2 is 2.10 bits per heavy atom. The first kappa shape index (κ1) is 14.3. The second-order valence-electron chi connectivity index (χ2n) is 4.97. The molecule has 1 amide bonds. The Kier molecular flexibility index (Phi) is 4.93. The average Bonchev–Trinajstić information content (AvgIpc) is 3.00. The third kappa shape index (κ3) is 3.70. The van der Waals surface area contributed by atoms with Crippen LogP contribution in [0.25, 0.3) is 0 Å². The molecule has 2 aromatic rings. The molecule has 1 aromatic carbocycles.